The number of hydrogen-bond acceptors (Lipinski definition) is 4. The molecule has 0 aliphatic carbocycles. The van der Waals surface area contributed by atoms with Crippen molar-refractivity contribution in [3.05, 3.63) is 71.5 Å². The van der Waals surface area contributed by atoms with E-state index in [0.29, 0.717) is 16.8 Å². The minimum absolute atomic E-state index is 0.155. The van der Waals surface area contributed by atoms with Gasteiger partial charge in [-0.3, -0.25) is 4.79 Å². The highest BCUT2D eigenvalue weighted by Crippen LogP contribution is 2.29. The fourth-order valence-electron chi connectivity index (χ4n) is 2.55. The summed E-state index contributed by atoms with van der Waals surface area (Å²) in [5.74, 6) is -6.94. The van der Waals surface area contributed by atoms with Gasteiger partial charge in [0.1, 0.15) is 11.3 Å². The first-order valence-electron chi connectivity index (χ1n) is 8.15. The Morgan fingerprint density at radius 1 is 1.00 bits per heavy atom. The molecule has 3 aromatic rings. The molecule has 0 fully saturated rings. The molecule has 0 aliphatic heterocycles. The predicted molar refractivity (Wildman–Crippen MR) is 95.4 cm³/mol. The summed E-state index contributed by atoms with van der Waals surface area (Å²) >= 11 is 0. The van der Waals surface area contributed by atoms with Crippen LogP contribution in [0.3, 0.4) is 0 Å². The first kappa shape index (κ1) is 19.2. The number of phenols is 1. The zero-order chi connectivity index (χ0) is 20.4. The molecule has 0 radical (unpaired) electrons. The number of ether oxygens (including phenoxy) is 1. The highest BCUT2D eigenvalue weighted by molar-refractivity contribution is 6.02. The van der Waals surface area contributed by atoms with Crippen LogP contribution in [-0.2, 0) is 9.53 Å². The summed E-state index contributed by atoms with van der Waals surface area (Å²) in [7, 11) is 0. The van der Waals surface area contributed by atoms with Crippen molar-refractivity contribution in [3.8, 4) is 5.75 Å². The molecule has 28 heavy (non-hydrogen) atoms. The summed E-state index contributed by atoms with van der Waals surface area (Å²) in [6.07, 6.45) is -1.40. The van der Waals surface area contributed by atoms with E-state index in [4.69, 9.17) is 4.74 Å². The zero-order valence-corrected chi connectivity index (χ0v) is 14.5. The van der Waals surface area contributed by atoms with E-state index in [0.717, 1.165) is 6.07 Å². The number of phenolic OH excluding ortho intramolecular Hbond substituents is 1. The number of aromatic hydroxyl groups is 1. The Balaban J connectivity index is 1.75. The van der Waals surface area contributed by atoms with Crippen LogP contribution in [0.5, 0.6) is 5.75 Å². The average molecular weight is 389 g/mol. The smallest absolute Gasteiger partial charge is 0.342 e. The fourth-order valence-corrected chi connectivity index (χ4v) is 2.55. The van der Waals surface area contributed by atoms with Gasteiger partial charge in [0, 0.05) is 5.39 Å². The topological polar surface area (TPSA) is 75.6 Å². The maximum absolute atomic E-state index is 13.6. The Labute approximate surface area is 157 Å². The molecule has 0 aliphatic rings. The molecule has 3 aromatic carbocycles. The largest absolute Gasteiger partial charge is 0.506 e. The van der Waals surface area contributed by atoms with Gasteiger partial charge in [-0.25, -0.2) is 18.0 Å². The molecule has 8 heteroatoms. The second kappa shape index (κ2) is 7.59. The molecule has 2 N–H and O–H groups in total. The zero-order valence-electron chi connectivity index (χ0n) is 14.5. The van der Waals surface area contributed by atoms with Gasteiger partial charge in [-0.05, 0) is 30.5 Å². The third kappa shape index (κ3) is 3.62. The third-order valence-electron chi connectivity index (χ3n) is 4.07. The maximum atomic E-state index is 13.6. The van der Waals surface area contributed by atoms with Gasteiger partial charge in [-0.2, -0.15) is 0 Å². The molecule has 0 saturated heterocycles. The Morgan fingerprint density at radius 2 is 1.71 bits per heavy atom. The average Bonchev–Trinajstić information content (AvgIpc) is 2.68. The number of amides is 1. The maximum Gasteiger partial charge on any atom is 0.342 e. The lowest BCUT2D eigenvalue weighted by Gasteiger charge is -2.15. The van der Waals surface area contributed by atoms with Crippen LogP contribution >= 0.6 is 0 Å². The van der Waals surface area contributed by atoms with Crippen LogP contribution in [0.15, 0.2) is 48.5 Å². The van der Waals surface area contributed by atoms with E-state index in [2.05, 4.69) is 0 Å². The molecule has 1 atom stereocenters. The molecule has 0 spiro atoms. The van der Waals surface area contributed by atoms with Crippen molar-refractivity contribution in [2.24, 2.45) is 0 Å². The number of nitrogens with one attached hydrogen (secondary N) is 1. The van der Waals surface area contributed by atoms with Crippen molar-refractivity contribution in [1.29, 1.82) is 0 Å². The summed E-state index contributed by atoms with van der Waals surface area (Å²) in [5.41, 5.74) is -0.752. The van der Waals surface area contributed by atoms with Crippen molar-refractivity contribution in [2.75, 3.05) is 5.32 Å². The molecule has 0 unspecified atom stereocenters. The van der Waals surface area contributed by atoms with Crippen molar-refractivity contribution in [2.45, 2.75) is 13.0 Å². The quantitative estimate of drug-likeness (QED) is 0.519. The van der Waals surface area contributed by atoms with Gasteiger partial charge < -0.3 is 15.2 Å². The van der Waals surface area contributed by atoms with Gasteiger partial charge in [-0.15, -0.1) is 0 Å². The van der Waals surface area contributed by atoms with Crippen LogP contribution in [0.25, 0.3) is 10.8 Å². The number of benzene rings is 3. The molecule has 0 aromatic heterocycles. The minimum Gasteiger partial charge on any atom is -0.506 e. The normalized spacial score (nSPS) is 11.9. The van der Waals surface area contributed by atoms with Gasteiger partial charge >= 0.3 is 5.97 Å². The number of hydrogen-bond donors (Lipinski definition) is 2. The predicted octanol–water partition coefficient (Wildman–Crippen LogP) is 4.15. The lowest BCUT2D eigenvalue weighted by Crippen LogP contribution is -2.30. The summed E-state index contributed by atoms with van der Waals surface area (Å²) in [6.45, 7) is 1.21. The molecular formula is C20H14F3NO4. The van der Waals surface area contributed by atoms with Crippen LogP contribution in [-0.4, -0.2) is 23.1 Å². The Bertz CT molecular complexity index is 1080. The molecule has 0 heterocycles. The Hall–Kier alpha value is -3.55. The second-order valence-electron chi connectivity index (χ2n) is 5.94. The Kier molecular flexibility index (Phi) is 5.21. The standard InChI is InChI=1S/C20H14F3NO4/c1-10(19(26)24-15-9-8-14(21)16(22)17(15)23)28-20(27)13-7-6-11-4-2-3-5-12(11)18(13)25/h2-10,25H,1H3,(H,24,26)/t10-/m1/s1. The third-order valence-corrected chi connectivity index (χ3v) is 4.07. The highest BCUT2D eigenvalue weighted by atomic mass is 19.2. The van der Waals surface area contributed by atoms with Crippen LogP contribution in [0, 0.1) is 17.5 Å². The number of halogens is 3. The molecule has 5 nitrogen and oxygen atoms in total. The van der Waals surface area contributed by atoms with Crippen LogP contribution in [0.4, 0.5) is 18.9 Å². The summed E-state index contributed by atoms with van der Waals surface area (Å²) in [6, 6.07) is 11.3. The number of fused-ring (bicyclic) bond motifs is 1. The monoisotopic (exact) mass is 389 g/mol. The Morgan fingerprint density at radius 3 is 2.46 bits per heavy atom. The molecule has 1 amide bonds. The number of rotatable bonds is 4. The van der Waals surface area contributed by atoms with Crippen molar-refractivity contribution in [3.63, 3.8) is 0 Å². The number of anilines is 1. The molecular weight excluding hydrogens is 375 g/mol. The van der Waals surface area contributed by atoms with E-state index < -0.39 is 41.1 Å². The van der Waals surface area contributed by atoms with Gasteiger partial charge in [0.15, 0.2) is 23.6 Å². The first-order valence-corrected chi connectivity index (χ1v) is 8.15. The van der Waals surface area contributed by atoms with Crippen LogP contribution in [0.1, 0.15) is 17.3 Å². The molecule has 3 rings (SSSR count). The van der Waals surface area contributed by atoms with E-state index in [9.17, 15) is 27.9 Å². The minimum atomic E-state index is -1.73. The SMILES string of the molecule is C[C@@H](OC(=O)c1ccc2ccccc2c1O)C(=O)Nc1ccc(F)c(F)c1F. The summed E-state index contributed by atoms with van der Waals surface area (Å²) in [4.78, 5) is 24.4. The second-order valence-corrected chi connectivity index (χ2v) is 5.94. The number of carbonyl (C=O) groups is 2. The lowest BCUT2D eigenvalue weighted by molar-refractivity contribution is -0.123. The van der Waals surface area contributed by atoms with E-state index in [1.54, 1.807) is 30.3 Å². The molecule has 0 saturated carbocycles. The van der Waals surface area contributed by atoms with Gasteiger partial charge in [-0.1, -0.05) is 30.3 Å². The number of carbonyl (C=O) groups excluding carboxylic acids is 2. The van der Waals surface area contributed by atoms with Crippen LogP contribution in [0.2, 0.25) is 0 Å². The van der Waals surface area contributed by atoms with E-state index in [-0.39, 0.29) is 11.3 Å². The van der Waals surface area contributed by atoms with Crippen LogP contribution < -0.4 is 5.32 Å². The van der Waals surface area contributed by atoms with E-state index >= 15 is 0 Å². The first-order chi connectivity index (χ1) is 13.3. The summed E-state index contributed by atoms with van der Waals surface area (Å²) in [5, 5.41) is 13.4. The van der Waals surface area contributed by atoms with Gasteiger partial charge in [0.25, 0.3) is 5.91 Å². The molecule has 0 bridgehead atoms. The van der Waals surface area contributed by atoms with E-state index in [1.807, 2.05) is 5.32 Å². The summed E-state index contributed by atoms with van der Waals surface area (Å²) < 4.78 is 44.8. The lowest BCUT2D eigenvalue weighted by atomic mass is 10.1. The van der Waals surface area contributed by atoms with Gasteiger partial charge in [0.2, 0.25) is 0 Å². The van der Waals surface area contributed by atoms with E-state index in [1.165, 1.54) is 13.0 Å². The van der Waals surface area contributed by atoms with Crippen molar-refractivity contribution >= 4 is 28.3 Å². The highest BCUT2D eigenvalue weighted by Gasteiger charge is 2.23. The fraction of sp³-hybridized carbons (Fsp3) is 0.100. The van der Waals surface area contributed by atoms with Crippen molar-refractivity contribution in [1.82, 2.24) is 0 Å². The van der Waals surface area contributed by atoms with Gasteiger partial charge in [0.05, 0.1) is 5.69 Å². The number of esters is 1. The van der Waals surface area contributed by atoms with Crippen molar-refractivity contribution < 1.29 is 32.6 Å². The molecule has 144 valence electrons.